The van der Waals surface area contributed by atoms with Crippen LogP contribution in [-0.4, -0.2) is 33.1 Å². The molecule has 4 rings (SSSR count). The number of nitrogens with zero attached hydrogens (tertiary/aromatic N) is 3. The standard InChI is InChI=1S/C20H20BrN3O2S2/c1-12(18(25)26-2)27-20-23-22-19(21)24(20)17-15-11-7-6-10-14(15)16(28-17)13-8-4-3-5-9-13/h3-5,8-9,12H,6-7,10-11H2,1-2H3. The van der Waals surface area contributed by atoms with E-state index in [2.05, 4.69) is 50.4 Å². The summed E-state index contributed by atoms with van der Waals surface area (Å²) in [5, 5.41) is 10.0. The minimum absolute atomic E-state index is 0.270. The summed E-state index contributed by atoms with van der Waals surface area (Å²) < 4.78 is 7.55. The van der Waals surface area contributed by atoms with Gasteiger partial charge < -0.3 is 4.74 Å². The van der Waals surface area contributed by atoms with Gasteiger partial charge >= 0.3 is 5.97 Å². The van der Waals surface area contributed by atoms with Gasteiger partial charge in [-0.25, -0.2) is 0 Å². The largest absolute Gasteiger partial charge is 0.468 e. The molecular weight excluding hydrogens is 458 g/mol. The third-order valence-corrected chi connectivity index (χ3v) is 7.69. The number of benzene rings is 1. The number of aromatic nitrogens is 3. The molecule has 0 amide bonds. The molecule has 8 heteroatoms. The van der Waals surface area contributed by atoms with Gasteiger partial charge in [0.2, 0.25) is 4.73 Å². The Balaban J connectivity index is 1.81. The SMILES string of the molecule is COC(=O)C(C)Sc1nnc(Br)n1-c1sc(-c2ccccc2)c2c1CCCC2. The number of fused-ring (bicyclic) bond motifs is 1. The van der Waals surface area contributed by atoms with Gasteiger partial charge in [0.05, 0.1) is 7.11 Å². The first kappa shape index (κ1) is 19.7. The fourth-order valence-electron chi connectivity index (χ4n) is 3.49. The van der Waals surface area contributed by atoms with Crippen LogP contribution in [0.1, 0.15) is 30.9 Å². The van der Waals surface area contributed by atoms with Crippen LogP contribution in [0.3, 0.4) is 0 Å². The summed E-state index contributed by atoms with van der Waals surface area (Å²) in [7, 11) is 1.40. The van der Waals surface area contributed by atoms with E-state index in [0.29, 0.717) is 9.89 Å². The van der Waals surface area contributed by atoms with Crippen LogP contribution in [0.25, 0.3) is 15.4 Å². The third kappa shape index (κ3) is 3.65. The van der Waals surface area contributed by atoms with E-state index >= 15 is 0 Å². The second kappa shape index (κ2) is 8.39. The highest BCUT2D eigenvalue weighted by Crippen LogP contribution is 2.44. The molecule has 5 nitrogen and oxygen atoms in total. The van der Waals surface area contributed by atoms with E-state index in [1.807, 2.05) is 17.6 Å². The van der Waals surface area contributed by atoms with Gasteiger partial charge in [0, 0.05) is 4.88 Å². The number of thiophene rings is 1. The van der Waals surface area contributed by atoms with Crippen LogP contribution in [0.5, 0.6) is 0 Å². The first-order valence-electron chi connectivity index (χ1n) is 9.16. The van der Waals surface area contributed by atoms with Gasteiger partial charge in [-0.15, -0.1) is 21.5 Å². The quantitative estimate of drug-likeness (QED) is 0.369. The first-order chi connectivity index (χ1) is 13.6. The van der Waals surface area contributed by atoms with Crippen molar-refractivity contribution in [2.24, 2.45) is 0 Å². The Kier molecular flexibility index (Phi) is 5.89. The summed E-state index contributed by atoms with van der Waals surface area (Å²) in [5.74, 6) is -0.270. The van der Waals surface area contributed by atoms with Gasteiger partial charge in [-0.3, -0.25) is 9.36 Å². The molecule has 1 atom stereocenters. The van der Waals surface area contributed by atoms with Crippen LogP contribution in [0.15, 0.2) is 40.2 Å². The van der Waals surface area contributed by atoms with Gasteiger partial charge in [0.25, 0.3) is 0 Å². The zero-order valence-electron chi connectivity index (χ0n) is 15.6. The maximum absolute atomic E-state index is 11.9. The van der Waals surface area contributed by atoms with Gasteiger partial charge in [-0.05, 0) is 65.2 Å². The molecule has 0 fully saturated rings. The highest BCUT2D eigenvalue weighted by Gasteiger charge is 2.27. The molecule has 0 aliphatic heterocycles. The Labute approximate surface area is 180 Å². The van der Waals surface area contributed by atoms with Gasteiger partial charge in [0.15, 0.2) is 5.16 Å². The number of carbonyl (C=O) groups is 1. The third-order valence-electron chi connectivity index (χ3n) is 4.85. The molecule has 0 radical (unpaired) electrons. The average Bonchev–Trinajstić information content (AvgIpc) is 3.28. The summed E-state index contributed by atoms with van der Waals surface area (Å²) >= 11 is 6.70. The molecule has 3 aromatic rings. The van der Waals surface area contributed by atoms with Gasteiger partial charge in [-0.1, -0.05) is 42.1 Å². The molecule has 0 bridgehead atoms. The van der Waals surface area contributed by atoms with E-state index in [0.717, 1.165) is 17.8 Å². The molecule has 0 saturated carbocycles. The number of rotatable bonds is 5. The zero-order valence-corrected chi connectivity index (χ0v) is 18.9. The number of hydrogen-bond acceptors (Lipinski definition) is 6. The van der Waals surface area contributed by atoms with Crippen molar-refractivity contribution in [1.82, 2.24) is 14.8 Å². The number of halogens is 1. The van der Waals surface area contributed by atoms with Crippen LogP contribution in [0.2, 0.25) is 0 Å². The second-order valence-corrected chi connectivity index (χ2v) is 9.65. The van der Waals surface area contributed by atoms with E-state index in [-0.39, 0.29) is 11.2 Å². The minimum Gasteiger partial charge on any atom is -0.468 e. The maximum atomic E-state index is 11.9. The molecule has 2 heterocycles. The summed E-state index contributed by atoms with van der Waals surface area (Å²) in [6, 6.07) is 10.5. The minimum atomic E-state index is -0.357. The predicted molar refractivity (Wildman–Crippen MR) is 116 cm³/mol. The fraction of sp³-hybridized carbons (Fsp3) is 0.350. The summed E-state index contributed by atoms with van der Waals surface area (Å²) in [6.45, 7) is 1.82. The van der Waals surface area contributed by atoms with Crippen LogP contribution >= 0.6 is 39.0 Å². The molecule has 1 aliphatic rings. The second-order valence-electron chi connectivity index (χ2n) is 6.64. The molecule has 146 valence electrons. The van der Waals surface area contributed by atoms with E-state index in [1.54, 1.807) is 11.3 Å². The Morgan fingerprint density at radius 2 is 1.93 bits per heavy atom. The molecule has 28 heavy (non-hydrogen) atoms. The van der Waals surface area contributed by atoms with Crippen molar-refractivity contribution in [3.8, 4) is 15.4 Å². The van der Waals surface area contributed by atoms with Crippen molar-refractivity contribution in [2.75, 3.05) is 7.11 Å². The van der Waals surface area contributed by atoms with Crippen LogP contribution in [0, 0.1) is 0 Å². The van der Waals surface area contributed by atoms with Crippen molar-refractivity contribution >= 4 is 45.0 Å². The van der Waals surface area contributed by atoms with Crippen molar-refractivity contribution < 1.29 is 9.53 Å². The zero-order chi connectivity index (χ0) is 19.7. The van der Waals surface area contributed by atoms with Crippen LogP contribution in [-0.2, 0) is 22.4 Å². The summed E-state index contributed by atoms with van der Waals surface area (Å²) in [5.41, 5.74) is 4.07. The van der Waals surface area contributed by atoms with Gasteiger partial charge in [0.1, 0.15) is 10.3 Å². The Morgan fingerprint density at radius 1 is 1.21 bits per heavy atom. The summed E-state index contributed by atoms with van der Waals surface area (Å²) in [6.07, 6.45) is 4.55. The number of thioether (sulfide) groups is 1. The number of methoxy groups -OCH3 is 1. The van der Waals surface area contributed by atoms with Crippen molar-refractivity contribution in [3.05, 3.63) is 46.2 Å². The molecular formula is C20H20BrN3O2S2. The van der Waals surface area contributed by atoms with Crippen molar-refractivity contribution in [3.63, 3.8) is 0 Å². The van der Waals surface area contributed by atoms with Crippen LogP contribution in [0.4, 0.5) is 0 Å². The topological polar surface area (TPSA) is 57.0 Å². The van der Waals surface area contributed by atoms with E-state index in [1.165, 1.54) is 53.3 Å². The Hall–Kier alpha value is -1.64. The normalized spacial score (nSPS) is 14.5. The molecule has 1 aliphatic carbocycles. The lowest BCUT2D eigenvalue weighted by atomic mass is 9.91. The van der Waals surface area contributed by atoms with Crippen molar-refractivity contribution in [2.45, 2.75) is 43.0 Å². The smallest absolute Gasteiger partial charge is 0.318 e. The molecule has 0 spiro atoms. The fourth-order valence-corrected chi connectivity index (χ4v) is 6.49. The average molecular weight is 478 g/mol. The monoisotopic (exact) mass is 477 g/mol. The summed E-state index contributed by atoms with van der Waals surface area (Å²) in [4.78, 5) is 13.2. The first-order valence-corrected chi connectivity index (χ1v) is 11.6. The maximum Gasteiger partial charge on any atom is 0.318 e. The Morgan fingerprint density at radius 3 is 2.64 bits per heavy atom. The molecule has 2 aromatic heterocycles. The highest BCUT2D eigenvalue weighted by atomic mass is 79.9. The lowest BCUT2D eigenvalue weighted by molar-refractivity contribution is -0.139. The highest BCUT2D eigenvalue weighted by molar-refractivity contribution is 9.10. The van der Waals surface area contributed by atoms with E-state index < -0.39 is 0 Å². The molecule has 1 unspecified atom stereocenters. The number of esters is 1. The molecule has 0 N–H and O–H groups in total. The van der Waals surface area contributed by atoms with Gasteiger partial charge in [-0.2, -0.15) is 0 Å². The number of hydrogen-bond donors (Lipinski definition) is 0. The van der Waals surface area contributed by atoms with Crippen molar-refractivity contribution in [1.29, 1.82) is 0 Å². The number of carbonyl (C=O) groups excluding carboxylic acids is 1. The van der Waals surface area contributed by atoms with E-state index in [9.17, 15) is 4.79 Å². The van der Waals surface area contributed by atoms with E-state index in [4.69, 9.17) is 4.74 Å². The molecule has 1 aromatic carbocycles. The predicted octanol–water partition coefficient (Wildman–Crippen LogP) is 5.29. The molecule has 0 saturated heterocycles. The Bertz CT molecular complexity index is 1000. The number of ether oxygens (including phenoxy) is 1. The lowest BCUT2D eigenvalue weighted by Gasteiger charge is -2.15. The lowest BCUT2D eigenvalue weighted by Crippen LogP contribution is -2.15. The van der Waals surface area contributed by atoms with Crippen LogP contribution < -0.4 is 0 Å².